The molecule has 1 aromatic rings. The maximum atomic E-state index is 14.3. The molecule has 1 fully saturated rings. The molecule has 0 saturated carbocycles. The van der Waals surface area contributed by atoms with Crippen molar-refractivity contribution in [1.29, 1.82) is 0 Å². The van der Waals surface area contributed by atoms with Gasteiger partial charge >= 0.3 is 0 Å². The standard InChI is InChI=1S/C15H20ClFN2.2ClH/c1-11(2)10-14(19-8-6-18-7-9-19)12-4-3-5-13(16)15(12)17;;/h3-5,14,18H,1,6-10H2,2H3;2*1H/t14-;;/m1../s1. The average molecular weight is 356 g/mol. The maximum Gasteiger partial charge on any atom is 0.146 e. The van der Waals surface area contributed by atoms with Gasteiger partial charge in [-0.05, 0) is 19.4 Å². The van der Waals surface area contributed by atoms with Crippen LogP contribution >= 0.6 is 36.4 Å². The number of nitrogens with one attached hydrogen (secondary N) is 1. The van der Waals surface area contributed by atoms with Crippen molar-refractivity contribution in [2.45, 2.75) is 19.4 Å². The summed E-state index contributed by atoms with van der Waals surface area (Å²) < 4.78 is 14.3. The lowest BCUT2D eigenvalue weighted by Crippen LogP contribution is -2.45. The predicted octanol–water partition coefficient (Wildman–Crippen LogP) is 4.24. The second-order valence-electron chi connectivity index (χ2n) is 5.11. The van der Waals surface area contributed by atoms with Gasteiger partial charge in [-0.3, -0.25) is 4.90 Å². The van der Waals surface area contributed by atoms with E-state index in [2.05, 4.69) is 16.8 Å². The second kappa shape index (κ2) is 9.65. The minimum Gasteiger partial charge on any atom is -0.314 e. The minimum atomic E-state index is -0.297. The van der Waals surface area contributed by atoms with E-state index in [-0.39, 0.29) is 41.7 Å². The van der Waals surface area contributed by atoms with E-state index in [1.54, 1.807) is 6.07 Å². The van der Waals surface area contributed by atoms with Crippen LogP contribution in [0.3, 0.4) is 0 Å². The van der Waals surface area contributed by atoms with Crippen molar-refractivity contribution in [3.63, 3.8) is 0 Å². The van der Waals surface area contributed by atoms with Crippen LogP contribution in [0.15, 0.2) is 30.4 Å². The highest BCUT2D eigenvalue weighted by atomic mass is 35.5. The number of halogens is 4. The van der Waals surface area contributed by atoms with Crippen LogP contribution in [0.1, 0.15) is 24.9 Å². The molecule has 1 aliphatic rings. The predicted molar refractivity (Wildman–Crippen MR) is 92.5 cm³/mol. The van der Waals surface area contributed by atoms with Crippen LogP contribution in [0.25, 0.3) is 0 Å². The zero-order valence-electron chi connectivity index (χ0n) is 12.1. The molecule has 1 N–H and O–H groups in total. The third-order valence-corrected chi connectivity index (χ3v) is 3.77. The summed E-state index contributed by atoms with van der Waals surface area (Å²) in [6.45, 7) is 9.67. The molecule has 0 aliphatic carbocycles. The number of piperazine rings is 1. The molecular weight excluding hydrogens is 334 g/mol. The summed E-state index contributed by atoms with van der Waals surface area (Å²) in [5, 5.41) is 3.51. The first kappa shape index (κ1) is 20.7. The summed E-state index contributed by atoms with van der Waals surface area (Å²) in [6.07, 6.45) is 0.761. The van der Waals surface area contributed by atoms with Crippen molar-refractivity contribution < 1.29 is 4.39 Å². The first-order valence-corrected chi connectivity index (χ1v) is 7.00. The van der Waals surface area contributed by atoms with E-state index in [0.717, 1.165) is 38.2 Å². The Bertz CT molecular complexity index is 462. The molecule has 0 aromatic heterocycles. The van der Waals surface area contributed by atoms with Crippen molar-refractivity contribution in [2.75, 3.05) is 26.2 Å². The fourth-order valence-corrected chi connectivity index (χ4v) is 2.72. The Labute approximate surface area is 143 Å². The Balaban J connectivity index is 0.00000200. The molecule has 0 unspecified atom stereocenters. The molecule has 0 radical (unpaired) electrons. The van der Waals surface area contributed by atoms with Gasteiger partial charge in [-0.15, -0.1) is 31.4 Å². The summed E-state index contributed by atoms with van der Waals surface area (Å²) in [4.78, 5) is 2.31. The summed E-state index contributed by atoms with van der Waals surface area (Å²) in [5.41, 5.74) is 1.74. The molecule has 120 valence electrons. The lowest BCUT2D eigenvalue weighted by Gasteiger charge is -2.35. The topological polar surface area (TPSA) is 15.3 Å². The number of hydrogen-bond donors (Lipinski definition) is 1. The first-order chi connectivity index (χ1) is 9.09. The normalized spacial score (nSPS) is 16.5. The van der Waals surface area contributed by atoms with E-state index in [0.29, 0.717) is 5.56 Å². The van der Waals surface area contributed by atoms with Gasteiger partial charge in [0.1, 0.15) is 5.82 Å². The van der Waals surface area contributed by atoms with Crippen molar-refractivity contribution >= 4 is 36.4 Å². The Morgan fingerprint density at radius 2 is 2.00 bits per heavy atom. The lowest BCUT2D eigenvalue weighted by molar-refractivity contribution is 0.169. The zero-order chi connectivity index (χ0) is 13.8. The molecule has 6 heteroatoms. The van der Waals surface area contributed by atoms with Gasteiger partial charge in [-0.25, -0.2) is 4.39 Å². The molecule has 0 amide bonds. The Morgan fingerprint density at radius 1 is 1.38 bits per heavy atom. The average Bonchev–Trinajstić information content (AvgIpc) is 2.40. The van der Waals surface area contributed by atoms with Crippen molar-refractivity contribution in [3.05, 3.63) is 46.8 Å². The van der Waals surface area contributed by atoms with Gasteiger partial charge < -0.3 is 5.32 Å². The highest BCUT2D eigenvalue weighted by Gasteiger charge is 2.25. The molecule has 2 rings (SSSR count). The van der Waals surface area contributed by atoms with Gasteiger partial charge in [0.2, 0.25) is 0 Å². The van der Waals surface area contributed by atoms with Gasteiger partial charge in [-0.1, -0.05) is 29.3 Å². The van der Waals surface area contributed by atoms with E-state index in [1.165, 1.54) is 0 Å². The van der Waals surface area contributed by atoms with Crippen molar-refractivity contribution in [3.8, 4) is 0 Å². The van der Waals surface area contributed by atoms with Crippen LogP contribution in [0.5, 0.6) is 0 Å². The lowest BCUT2D eigenvalue weighted by atomic mass is 9.97. The summed E-state index contributed by atoms with van der Waals surface area (Å²) in [6, 6.07) is 5.26. The summed E-state index contributed by atoms with van der Waals surface area (Å²) >= 11 is 5.91. The zero-order valence-corrected chi connectivity index (χ0v) is 14.5. The van der Waals surface area contributed by atoms with Crippen LogP contribution in [-0.2, 0) is 0 Å². The summed E-state index contributed by atoms with van der Waals surface area (Å²) in [5.74, 6) is -0.297. The number of benzene rings is 1. The molecule has 1 heterocycles. The largest absolute Gasteiger partial charge is 0.314 e. The Kier molecular flexibility index (Phi) is 9.50. The van der Waals surface area contributed by atoms with E-state index < -0.39 is 0 Å². The molecular formula is C15H22Cl3FN2. The molecule has 2 nitrogen and oxygen atoms in total. The van der Waals surface area contributed by atoms with Crippen molar-refractivity contribution in [1.82, 2.24) is 10.2 Å². The molecule has 1 atom stereocenters. The van der Waals surface area contributed by atoms with E-state index >= 15 is 0 Å². The van der Waals surface area contributed by atoms with Crippen LogP contribution in [0.2, 0.25) is 5.02 Å². The minimum absolute atomic E-state index is 0. The fourth-order valence-electron chi connectivity index (χ4n) is 2.54. The van der Waals surface area contributed by atoms with Crippen molar-refractivity contribution in [2.24, 2.45) is 0 Å². The fraction of sp³-hybridized carbons (Fsp3) is 0.467. The monoisotopic (exact) mass is 354 g/mol. The number of nitrogens with zero attached hydrogens (tertiary/aromatic N) is 1. The molecule has 0 bridgehead atoms. The maximum absolute atomic E-state index is 14.3. The van der Waals surface area contributed by atoms with Crippen LogP contribution < -0.4 is 5.32 Å². The first-order valence-electron chi connectivity index (χ1n) is 6.62. The molecule has 1 aliphatic heterocycles. The summed E-state index contributed by atoms with van der Waals surface area (Å²) in [7, 11) is 0. The van der Waals surface area contributed by atoms with Gasteiger partial charge in [-0.2, -0.15) is 0 Å². The quantitative estimate of drug-likeness (QED) is 0.813. The van der Waals surface area contributed by atoms with Gasteiger partial charge in [0, 0.05) is 37.8 Å². The Hall–Kier alpha value is -0.320. The van der Waals surface area contributed by atoms with E-state index in [9.17, 15) is 4.39 Å². The van der Waals surface area contributed by atoms with Gasteiger partial charge in [0.05, 0.1) is 5.02 Å². The van der Waals surface area contributed by atoms with Gasteiger partial charge in [0.25, 0.3) is 0 Å². The SMILES string of the molecule is C=C(C)C[C@H](c1cccc(Cl)c1F)N1CCNCC1.Cl.Cl. The third-order valence-electron chi connectivity index (χ3n) is 3.47. The molecule has 1 saturated heterocycles. The number of hydrogen-bond acceptors (Lipinski definition) is 2. The molecule has 21 heavy (non-hydrogen) atoms. The Morgan fingerprint density at radius 3 is 2.57 bits per heavy atom. The highest BCUT2D eigenvalue weighted by molar-refractivity contribution is 6.30. The van der Waals surface area contributed by atoms with Crippen LogP contribution in [-0.4, -0.2) is 31.1 Å². The van der Waals surface area contributed by atoms with Gasteiger partial charge in [0.15, 0.2) is 0 Å². The highest BCUT2D eigenvalue weighted by Crippen LogP contribution is 2.31. The second-order valence-corrected chi connectivity index (χ2v) is 5.51. The third kappa shape index (κ3) is 5.42. The van der Waals surface area contributed by atoms with Crippen LogP contribution in [0.4, 0.5) is 4.39 Å². The number of rotatable bonds is 4. The molecule has 0 spiro atoms. The van der Waals surface area contributed by atoms with Crippen LogP contribution in [0, 0.1) is 5.82 Å². The van der Waals surface area contributed by atoms with E-state index in [1.807, 2.05) is 19.1 Å². The van der Waals surface area contributed by atoms with E-state index in [4.69, 9.17) is 11.6 Å². The smallest absolute Gasteiger partial charge is 0.146 e. The molecule has 1 aromatic carbocycles.